The lowest BCUT2D eigenvalue weighted by molar-refractivity contribution is -0.141. The average molecular weight is 261 g/mol. The molecule has 0 radical (unpaired) electrons. The van der Waals surface area contributed by atoms with E-state index in [1.165, 1.54) is 7.11 Å². The number of ketones is 1. The van der Waals surface area contributed by atoms with E-state index >= 15 is 0 Å². The van der Waals surface area contributed by atoms with Gasteiger partial charge < -0.3 is 9.84 Å². The predicted molar refractivity (Wildman–Crippen MR) is 67.2 cm³/mol. The lowest BCUT2D eigenvalue weighted by Crippen LogP contribution is -2.31. The van der Waals surface area contributed by atoms with E-state index in [1.54, 1.807) is 36.4 Å². The molecule has 0 amide bonds. The molecule has 0 aliphatic heterocycles. The average Bonchev–Trinajstić information content (AvgIpc) is 2.45. The van der Waals surface area contributed by atoms with E-state index in [0.29, 0.717) is 5.56 Å². The van der Waals surface area contributed by atoms with Crippen LogP contribution in [0.1, 0.15) is 29.6 Å². The van der Waals surface area contributed by atoms with Crippen molar-refractivity contribution < 1.29 is 19.4 Å². The molecule has 1 N–H and O–H groups in total. The zero-order chi connectivity index (χ0) is 14.3. The molecule has 0 fully saturated rings. The monoisotopic (exact) mass is 261 g/mol. The van der Waals surface area contributed by atoms with Crippen molar-refractivity contribution in [3.8, 4) is 6.07 Å². The zero-order valence-electron chi connectivity index (χ0n) is 10.6. The predicted octanol–water partition coefficient (Wildman–Crippen LogP) is 1.47. The lowest BCUT2D eigenvalue weighted by atomic mass is 9.91. The number of rotatable bonds is 6. The van der Waals surface area contributed by atoms with E-state index in [4.69, 9.17) is 5.26 Å². The van der Waals surface area contributed by atoms with Crippen molar-refractivity contribution in [2.75, 3.05) is 7.11 Å². The maximum absolute atomic E-state index is 11.9. The van der Waals surface area contributed by atoms with Crippen LogP contribution in [-0.2, 0) is 9.53 Å². The fraction of sp³-hybridized carbons (Fsp3) is 0.357. The normalized spacial score (nSPS) is 13.1. The van der Waals surface area contributed by atoms with Crippen molar-refractivity contribution in [1.82, 2.24) is 0 Å². The molecule has 0 spiro atoms. The number of carbonyl (C=O) groups is 2. The number of carbonyl (C=O) groups excluding carboxylic acids is 2. The summed E-state index contributed by atoms with van der Waals surface area (Å²) < 4.78 is 4.44. The molecule has 19 heavy (non-hydrogen) atoms. The first-order valence-electron chi connectivity index (χ1n) is 5.79. The largest absolute Gasteiger partial charge is 0.469 e. The molecule has 1 atom stereocenters. The number of ether oxygens (including phenoxy) is 1. The number of nitrogens with zero attached hydrogens (tertiary/aromatic N) is 1. The van der Waals surface area contributed by atoms with Gasteiger partial charge in [-0.15, -0.1) is 0 Å². The summed E-state index contributed by atoms with van der Waals surface area (Å²) in [7, 11) is 1.23. The summed E-state index contributed by atoms with van der Waals surface area (Å²) in [5.74, 6) is -0.865. The highest BCUT2D eigenvalue weighted by molar-refractivity contribution is 5.96. The number of nitriles is 1. The zero-order valence-corrected chi connectivity index (χ0v) is 10.6. The van der Waals surface area contributed by atoms with Gasteiger partial charge in [-0.25, -0.2) is 0 Å². The Kier molecular flexibility index (Phi) is 5.22. The van der Waals surface area contributed by atoms with E-state index in [-0.39, 0.29) is 25.0 Å². The summed E-state index contributed by atoms with van der Waals surface area (Å²) in [4.78, 5) is 22.9. The fourth-order valence-corrected chi connectivity index (χ4v) is 1.59. The Morgan fingerprint density at radius 2 is 2.00 bits per heavy atom. The summed E-state index contributed by atoms with van der Waals surface area (Å²) in [5, 5.41) is 19.0. The fourth-order valence-electron chi connectivity index (χ4n) is 1.59. The van der Waals surface area contributed by atoms with Gasteiger partial charge in [0.25, 0.3) is 0 Å². The second-order valence-electron chi connectivity index (χ2n) is 4.19. The third-order valence-corrected chi connectivity index (χ3v) is 2.73. The topological polar surface area (TPSA) is 87.4 Å². The summed E-state index contributed by atoms with van der Waals surface area (Å²) >= 11 is 0. The molecule has 1 aromatic carbocycles. The number of hydrogen-bond acceptors (Lipinski definition) is 5. The molecule has 1 unspecified atom stereocenters. The molecule has 0 bridgehead atoms. The molecule has 1 aromatic rings. The minimum atomic E-state index is -1.85. The highest BCUT2D eigenvalue weighted by Gasteiger charge is 2.31. The number of aliphatic hydroxyl groups is 1. The Morgan fingerprint density at radius 1 is 1.37 bits per heavy atom. The van der Waals surface area contributed by atoms with Crippen LogP contribution in [0.3, 0.4) is 0 Å². The molecule has 0 aliphatic carbocycles. The summed E-state index contributed by atoms with van der Waals surface area (Å²) in [6.07, 6.45) is -0.581. The van der Waals surface area contributed by atoms with Crippen LogP contribution in [0.2, 0.25) is 0 Å². The SMILES string of the molecule is COC(=O)CCC(O)(C#N)CC(=O)c1ccccc1. The van der Waals surface area contributed by atoms with Crippen LogP contribution in [0.5, 0.6) is 0 Å². The highest BCUT2D eigenvalue weighted by atomic mass is 16.5. The van der Waals surface area contributed by atoms with Crippen LogP contribution in [0.4, 0.5) is 0 Å². The summed E-state index contributed by atoms with van der Waals surface area (Å²) in [6.45, 7) is 0. The van der Waals surface area contributed by atoms with Gasteiger partial charge in [0.15, 0.2) is 11.4 Å². The van der Waals surface area contributed by atoms with Crippen molar-refractivity contribution in [2.24, 2.45) is 0 Å². The number of methoxy groups -OCH3 is 1. The first-order chi connectivity index (χ1) is 9.00. The molecular weight excluding hydrogens is 246 g/mol. The number of benzene rings is 1. The molecule has 0 aromatic heterocycles. The Morgan fingerprint density at radius 3 is 2.53 bits per heavy atom. The van der Waals surface area contributed by atoms with Crippen LogP contribution in [0.25, 0.3) is 0 Å². The third kappa shape index (κ3) is 4.53. The first kappa shape index (κ1) is 14.9. The molecule has 1 rings (SSSR count). The van der Waals surface area contributed by atoms with Crippen molar-refractivity contribution in [1.29, 1.82) is 5.26 Å². The maximum atomic E-state index is 11.9. The molecule has 0 heterocycles. The van der Waals surface area contributed by atoms with Gasteiger partial charge in [-0.05, 0) is 0 Å². The van der Waals surface area contributed by atoms with Gasteiger partial charge in [-0.1, -0.05) is 30.3 Å². The molecule has 5 nitrogen and oxygen atoms in total. The Labute approximate surface area is 111 Å². The molecule has 5 heteroatoms. The Balaban J connectivity index is 2.68. The van der Waals surface area contributed by atoms with Crippen LogP contribution in [0, 0.1) is 11.3 Å². The minimum Gasteiger partial charge on any atom is -0.469 e. The van der Waals surface area contributed by atoms with E-state index in [0.717, 1.165) is 0 Å². The van der Waals surface area contributed by atoms with E-state index in [9.17, 15) is 14.7 Å². The number of esters is 1. The molecule has 0 aliphatic rings. The standard InChI is InChI=1S/C14H15NO4/c1-19-13(17)7-8-14(18,10-15)9-12(16)11-5-3-2-4-6-11/h2-6,18H,7-9H2,1H3. The van der Waals surface area contributed by atoms with Gasteiger partial charge in [0.2, 0.25) is 0 Å². The number of Topliss-reactive ketones (excluding diaryl/α,β-unsaturated/α-hetero) is 1. The number of hydrogen-bond donors (Lipinski definition) is 1. The van der Waals surface area contributed by atoms with Gasteiger partial charge in [0.1, 0.15) is 0 Å². The van der Waals surface area contributed by atoms with Crippen LogP contribution >= 0.6 is 0 Å². The summed E-state index contributed by atoms with van der Waals surface area (Å²) in [6, 6.07) is 10.1. The van der Waals surface area contributed by atoms with E-state index in [2.05, 4.69) is 4.74 Å². The molecule has 0 saturated carbocycles. The van der Waals surface area contributed by atoms with Crippen molar-refractivity contribution >= 4 is 11.8 Å². The van der Waals surface area contributed by atoms with Gasteiger partial charge in [-0.3, -0.25) is 9.59 Å². The minimum absolute atomic E-state index is 0.109. The van der Waals surface area contributed by atoms with Gasteiger partial charge in [0.05, 0.1) is 19.6 Å². The van der Waals surface area contributed by atoms with Gasteiger partial charge >= 0.3 is 5.97 Å². The molecule has 0 saturated heterocycles. The Hall–Kier alpha value is -2.19. The summed E-state index contributed by atoms with van der Waals surface area (Å²) in [5.41, 5.74) is -1.42. The quantitative estimate of drug-likeness (QED) is 0.476. The van der Waals surface area contributed by atoms with Crippen molar-refractivity contribution in [3.05, 3.63) is 35.9 Å². The molecular formula is C14H15NO4. The lowest BCUT2D eigenvalue weighted by Gasteiger charge is -2.18. The second-order valence-corrected chi connectivity index (χ2v) is 4.19. The van der Waals surface area contributed by atoms with Gasteiger partial charge in [-0.2, -0.15) is 5.26 Å². The smallest absolute Gasteiger partial charge is 0.305 e. The van der Waals surface area contributed by atoms with E-state index in [1.807, 2.05) is 0 Å². The Bertz CT molecular complexity index is 492. The van der Waals surface area contributed by atoms with E-state index < -0.39 is 11.6 Å². The highest BCUT2D eigenvalue weighted by Crippen LogP contribution is 2.20. The van der Waals surface area contributed by atoms with Crippen LogP contribution in [0.15, 0.2) is 30.3 Å². The van der Waals surface area contributed by atoms with Crippen LogP contribution in [-0.4, -0.2) is 29.6 Å². The van der Waals surface area contributed by atoms with Gasteiger partial charge in [0, 0.05) is 18.4 Å². The van der Waals surface area contributed by atoms with Crippen LogP contribution < -0.4 is 0 Å². The second kappa shape index (κ2) is 6.66. The van der Waals surface area contributed by atoms with Crippen molar-refractivity contribution in [2.45, 2.75) is 24.9 Å². The third-order valence-electron chi connectivity index (χ3n) is 2.73. The molecule has 100 valence electrons. The van der Waals surface area contributed by atoms with Crippen molar-refractivity contribution in [3.63, 3.8) is 0 Å². The first-order valence-corrected chi connectivity index (χ1v) is 5.79. The maximum Gasteiger partial charge on any atom is 0.305 e.